The maximum Gasteiger partial charge on any atom is 0.334 e. The van der Waals surface area contributed by atoms with Crippen LogP contribution in [0.2, 0.25) is 0 Å². The number of carbonyl (C=O) groups excluding carboxylic acids is 4. The minimum Gasteiger partial charge on any atom is -0.324 e. The lowest BCUT2D eigenvalue weighted by molar-refractivity contribution is -0.143. The molecule has 0 aromatic heterocycles. The molecule has 0 radical (unpaired) electrons. The first-order chi connectivity index (χ1) is 13.0. The van der Waals surface area contributed by atoms with Crippen molar-refractivity contribution in [3.8, 4) is 0 Å². The van der Waals surface area contributed by atoms with Gasteiger partial charge in [-0.2, -0.15) is 0 Å². The van der Waals surface area contributed by atoms with E-state index in [0.717, 1.165) is 36.1 Å². The quantitative estimate of drug-likeness (QED) is 0.474. The second kappa shape index (κ2) is 8.16. The van der Waals surface area contributed by atoms with Crippen molar-refractivity contribution in [2.24, 2.45) is 0 Å². The molecule has 0 saturated carbocycles. The number of urea groups is 1. The third kappa shape index (κ3) is 4.24. The number of para-hydroxylation sites is 1. The molecule has 1 aromatic carbocycles. The van der Waals surface area contributed by atoms with Crippen LogP contribution in [-0.4, -0.2) is 46.6 Å². The van der Waals surface area contributed by atoms with E-state index < -0.39 is 30.3 Å². The van der Waals surface area contributed by atoms with Crippen molar-refractivity contribution in [3.63, 3.8) is 0 Å². The molecule has 3 rings (SSSR count). The number of imide groups is 2. The maximum absolute atomic E-state index is 12.5. The third-order valence-corrected chi connectivity index (χ3v) is 4.90. The molecule has 7 heteroatoms. The van der Waals surface area contributed by atoms with E-state index in [2.05, 4.69) is 11.4 Å². The fourth-order valence-corrected chi connectivity index (χ4v) is 3.32. The number of aryl methyl sites for hydroxylation is 1. The Hall–Kier alpha value is -2.96. The Bertz CT molecular complexity index is 815. The number of amides is 5. The molecule has 1 aromatic rings. The summed E-state index contributed by atoms with van der Waals surface area (Å²) in [5.74, 6) is -2.33. The Morgan fingerprint density at radius 3 is 2.52 bits per heavy atom. The van der Waals surface area contributed by atoms with Gasteiger partial charge < -0.3 is 5.32 Å². The van der Waals surface area contributed by atoms with Crippen LogP contribution in [0.4, 0.5) is 10.5 Å². The summed E-state index contributed by atoms with van der Waals surface area (Å²) in [7, 11) is 0. The molecular weight excluding hydrogens is 346 g/mol. The molecule has 0 spiro atoms. The molecule has 1 N–H and O–H groups in total. The number of nitrogens with one attached hydrogen (secondary N) is 1. The van der Waals surface area contributed by atoms with E-state index in [0.29, 0.717) is 17.0 Å². The zero-order valence-electron chi connectivity index (χ0n) is 15.4. The number of rotatable bonds is 6. The molecule has 1 saturated heterocycles. The van der Waals surface area contributed by atoms with Crippen LogP contribution in [0.15, 0.2) is 35.9 Å². The van der Waals surface area contributed by atoms with E-state index in [-0.39, 0.29) is 6.54 Å². The van der Waals surface area contributed by atoms with Crippen LogP contribution in [-0.2, 0) is 14.4 Å². The van der Waals surface area contributed by atoms with Gasteiger partial charge in [0, 0.05) is 12.2 Å². The topological polar surface area (TPSA) is 86.8 Å². The number of anilines is 1. The summed E-state index contributed by atoms with van der Waals surface area (Å²) in [5, 5.41) is 2.67. The highest BCUT2D eigenvalue weighted by Crippen LogP contribution is 2.22. The SMILES string of the molecule is Cc1ccccc1NC(=O)CN1C(=O)C(=O)N(CCC2=CCCCC2)C1=O. The second-order valence-corrected chi connectivity index (χ2v) is 6.85. The van der Waals surface area contributed by atoms with Gasteiger partial charge in [-0.1, -0.05) is 29.8 Å². The smallest absolute Gasteiger partial charge is 0.324 e. The maximum atomic E-state index is 12.5. The van der Waals surface area contributed by atoms with Gasteiger partial charge in [0.05, 0.1) is 0 Å². The van der Waals surface area contributed by atoms with Gasteiger partial charge in [-0.15, -0.1) is 0 Å². The van der Waals surface area contributed by atoms with Crippen LogP contribution in [0.3, 0.4) is 0 Å². The van der Waals surface area contributed by atoms with Gasteiger partial charge in [0.2, 0.25) is 5.91 Å². The van der Waals surface area contributed by atoms with E-state index in [1.807, 2.05) is 19.1 Å². The first-order valence-electron chi connectivity index (χ1n) is 9.18. The summed E-state index contributed by atoms with van der Waals surface area (Å²) in [5.41, 5.74) is 2.68. The van der Waals surface area contributed by atoms with Crippen molar-refractivity contribution in [2.75, 3.05) is 18.4 Å². The average molecular weight is 369 g/mol. The monoisotopic (exact) mass is 369 g/mol. The van der Waals surface area contributed by atoms with Gasteiger partial charge in [0.15, 0.2) is 0 Å². The zero-order chi connectivity index (χ0) is 19.4. The standard InChI is InChI=1S/C20H23N3O4/c1-14-7-5-6-10-16(14)21-17(24)13-23-19(26)18(25)22(20(23)27)12-11-15-8-3-2-4-9-15/h5-8,10H,2-4,9,11-13H2,1H3,(H,21,24). The fraction of sp³-hybridized carbons (Fsp3) is 0.400. The van der Waals surface area contributed by atoms with E-state index >= 15 is 0 Å². The Morgan fingerprint density at radius 1 is 1.07 bits per heavy atom. The lowest BCUT2D eigenvalue weighted by Gasteiger charge is -2.18. The largest absolute Gasteiger partial charge is 0.334 e. The molecule has 0 unspecified atom stereocenters. The summed E-state index contributed by atoms with van der Waals surface area (Å²) in [6.07, 6.45) is 6.97. The van der Waals surface area contributed by atoms with Crippen LogP contribution in [0.1, 0.15) is 37.7 Å². The van der Waals surface area contributed by atoms with Gasteiger partial charge in [-0.3, -0.25) is 19.3 Å². The Balaban J connectivity index is 1.60. The van der Waals surface area contributed by atoms with Gasteiger partial charge in [0.1, 0.15) is 6.54 Å². The van der Waals surface area contributed by atoms with E-state index in [1.165, 1.54) is 5.57 Å². The van der Waals surface area contributed by atoms with Crippen molar-refractivity contribution in [1.29, 1.82) is 0 Å². The number of allylic oxidation sites excluding steroid dienone is 1. The highest BCUT2D eigenvalue weighted by atomic mass is 16.2. The predicted octanol–water partition coefficient (Wildman–Crippen LogP) is 2.61. The highest BCUT2D eigenvalue weighted by molar-refractivity contribution is 6.45. The number of carbonyl (C=O) groups is 4. The molecule has 1 aliphatic carbocycles. The van der Waals surface area contributed by atoms with Crippen LogP contribution >= 0.6 is 0 Å². The van der Waals surface area contributed by atoms with Crippen molar-refractivity contribution >= 4 is 29.4 Å². The van der Waals surface area contributed by atoms with E-state index in [1.54, 1.807) is 12.1 Å². The summed E-state index contributed by atoms with van der Waals surface area (Å²) in [4.78, 5) is 50.7. The number of nitrogens with zero attached hydrogens (tertiary/aromatic N) is 2. The van der Waals surface area contributed by atoms with Crippen LogP contribution < -0.4 is 5.32 Å². The molecular formula is C20H23N3O4. The molecule has 0 bridgehead atoms. The van der Waals surface area contributed by atoms with Gasteiger partial charge in [-0.05, 0) is 50.7 Å². The third-order valence-electron chi connectivity index (χ3n) is 4.90. The van der Waals surface area contributed by atoms with Gasteiger partial charge in [-0.25, -0.2) is 9.69 Å². The van der Waals surface area contributed by atoms with Crippen molar-refractivity contribution in [2.45, 2.75) is 39.0 Å². The number of hydrogen-bond donors (Lipinski definition) is 1. The second-order valence-electron chi connectivity index (χ2n) is 6.85. The van der Waals surface area contributed by atoms with E-state index in [4.69, 9.17) is 0 Å². The van der Waals surface area contributed by atoms with Crippen LogP contribution in [0, 0.1) is 6.92 Å². The molecule has 1 heterocycles. The fourth-order valence-electron chi connectivity index (χ4n) is 3.32. The summed E-state index contributed by atoms with van der Waals surface area (Å²) < 4.78 is 0. The van der Waals surface area contributed by atoms with Crippen LogP contribution in [0.5, 0.6) is 0 Å². The highest BCUT2D eigenvalue weighted by Gasteiger charge is 2.44. The molecule has 7 nitrogen and oxygen atoms in total. The Morgan fingerprint density at radius 2 is 1.81 bits per heavy atom. The van der Waals surface area contributed by atoms with Crippen molar-refractivity contribution in [3.05, 3.63) is 41.5 Å². The normalized spacial score (nSPS) is 17.4. The molecule has 1 aliphatic heterocycles. The number of benzene rings is 1. The number of hydrogen-bond acceptors (Lipinski definition) is 4. The average Bonchev–Trinajstić information content (AvgIpc) is 2.86. The lowest BCUT2D eigenvalue weighted by Crippen LogP contribution is -2.39. The van der Waals surface area contributed by atoms with Crippen LogP contribution in [0.25, 0.3) is 0 Å². The minimum absolute atomic E-state index is 0.172. The molecule has 2 aliphatic rings. The molecule has 5 amide bonds. The molecule has 0 atom stereocenters. The molecule has 27 heavy (non-hydrogen) atoms. The van der Waals surface area contributed by atoms with Crippen molar-refractivity contribution in [1.82, 2.24) is 9.80 Å². The molecule has 142 valence electrons. The zero-order valence-corrected chi connectivity index (χ0v) is 15.4. The van der Waals surface area contributed by atoms with E-state index in [9.17, 15) is 19.2 Å². The summed E-state index contributed by atoms with van der Waals surface area (Å²) in [6.45, 7) is 1.54. The molecule has 1 fully saturated rings. The van der Waals surface area contributed by atoms with Gasteiger partial charge in [0.25, 0.3) is 0 Å². The predicted molar refractivity (Wildman–Crippen MR) is 99.8 cm³/mol. The lowest BCUT2D eigenvalue weighted by atomic mass is 9.97. The Labute approximate surface area is 158 Å². The summed E-state index contributed by atoms with van der Waals surface area (Å²) in [6, 6.07) is 6.47. The van der Waals surface area contributed by atoms with Crippen molar-refractivity contribution < 1.29 is 19.2 Å². The first-order valence-corrected chi connectivity index (χ1v) is 9.18. The van der Waals surface area contributed by atoms with Gasteiger partial charge >= 0.3 is 17.8 Å². The summed E-state index contributed by atoms with van der Waals surface area (Å²) >= 11 is 0. The Kier molecular flexibility index (Phi) is 5.69. The first kappa shape index (κ1) is 18.8. The minimum atomic E-state index is -0.947.